The average molecular weight is 232 g/mol. The summed E-state index contributed by atoms with van der Waals surface area (Å²) >= 11 is 0. The van der Waals surface area contributed by atoms with E-state index in [-0.39, 0.29) is 5.91 Å². The quantitative estimate of drug-likeness (QED) is 0.772. The van der Waals surface area contributed by atoms with Gasteiger partial charge in [-0.05, 0) is 31.7 Å². The second kappa shape index (κ2) is 4.41. The summed E-state index contributed by atoms with van der Waals surface area (Å²) in [5.74, 6) is 0.492. The molecule has 0 spiro atoms. The number of fused-ring (bicyclic) bond motifs is 1. The number of nitrogens with one attached hydrogen (secondary N) is 2. The molecule has 1 unspecified atom stereocenters. The lowest BCUT2D eigenvalue weighted by molar-refractivity contribution is 0.0922. The molecule has 3 rings (SSSR count). The first kappa shape index (κ1) is 10.7. The van der Waals surface area contributed by atoms with Crippen LogP contribution in [0.2, 0.25) is 0 Å². The first-order valence-electron chi connectivity index (χ1n) is 6.15. The van der Waals surface area contributed by atoms with Gasteiger partial charge in [-0.1, -0.05) is 0 Å². The van der Waals surface area contributed by atoms with Crippen molar-refractivity contribution in [2.75, 3.05) is 6.54 Å². The molecule has 1 aromatic rings. The normalized spacial score (nSPS) is 31.2. The number of hydrogen-bond acceptors (Lipinski definition) is 4. The average Bonchev–Trinajstić information content (AvgIpc) is 2.95. The maximum Gasteiger partial charge on any atom is 0.271 e. The summed E-state index contributed by atoms with van der Waals surface area (Å²) in [6, 6.07) is 0.895. The second-order valence-electron chi connectivity index (χ2n) is 4.76. The van der Waals surface area contributed by atoms with Crippen LogP contribution in [-0.2, 0) is 0 Å². The number of amides is 1. The standard InChI is InChI=1S/C12H16N4O/c17-12(11-7-13-5-6-15-11)16-10-2-1-9-8(10)3-4-14-9/h5-10,14H,1-4H2,(H,16,17)/t8-,9-,10?/m1/s1. The molecule has 2 N–H and O–H groups in total. The molecule has 1 saturated heterocycles. The highest BCUT2D eigenvalue weighted by molar-refractivity contribution is 5.92. The molecule has 2 fully saturated rings. The van der Waals surface area contributed by atoms with Crippen LogP contribution in [0.4, 0.5) is 0 Å². The van der Waals surface area contributed by atoms with Crippen molar-refractivity contribution in [1.29, 1.82) is 0 Å². The third-order valence-corrected chi connectivity index (χ3v) is 3.82. The van der Waals surface area contributed by atoms with E-state index < -0.39 is 0 Å². The molecule has 2 aliphatic rings. The molecule has 5 heteroatoms. The minimum absolute atomic E-state index is 0.101. The van der Waals surface area contributed by atoms with Crippen molar-refractivity contribution >= 4 is 5.91 Å². The molecular formula is C12H16N4O. The van der Waals surface area contributed by atoms with Gasteiger partial charge in [0.2, 0.25) is 0 Å². The molecule has 1 aliphatic heterocycles. The van der Waals surface area contributed by atoms with Gasteiger partial charge in [0, 0.05) is 24.5 Å². The maximum absolute atomic E-state index is 12.0. The Kier molecular flexibility index (Phi) is 2.76. The van der Waals surface area contributed by atoms with Gasteiger partial charge in [0.1, 0.15) is 5.69 Å². The van der Waals surface area contributed by atoms with E-state index in [0.717, 1.165) is 25.8 Å². The molecule has 0 aromatic carbocycles. The second-order valence-corrected chi connectivity index (χ2v) is 4.76. The highest BCUT2D eigenvalue weighted by atomic mass is 16.1. The Bertz CT molecular complexity index is 408. The van der Waals surface area contributed by atoms with Crippen molar-refractivity contribution in [3.8, 4) is 0 Å². The van der Waals surface area contributed by atoms with Crippen molar-refractivity contribution in [2.24, 2.45) is 5.92 Å². The van der Waals surface area contributed by atoms with Crippen molar-refractivity contribution in [3.63, 3.8) is 0 Å². The van der Waals surface area contributed by atoms with Gasteiger partial charge in [-0.25, -0.2) is 4.98 Å². The predicted octanol–water partition coefficient (Wildman–Crippen LogP) is 0.347. The fourth-order valence-electron chi connectivity index (χ4n) is 3.00. The van der Waals surface area contributed by atoms with Crippen molar-refractivity contribution < 1.29 is 4.79 Å². The zero-order chi connectivity index (χ0) is 11.7. The molecular weight excluding hydrogens is 216 g/mol. The number of carbonyl (C=O) groups excluding carboxylic acids is 1. The van der Waals surface area contributed by atoms with Crippen molar-refractivity contribution in [3.05, 3.63) is 24.3 Å². The SMILES string of the molecule is O=C(NC1CC[C@H]2NCC[C@@H]12)c1cnccn1. The van der Waals surface area contributed by atoms with E-state index in [1.807, 2.05) is 0 Å². The van der Waals surface area contributed by atoms with Gasteiger partial charge in [-0.15, -0.1) is 0 Å². The third kappa shape index (κ3) is 2.02. The van der Waals surface area contributed by atoms with Gasteiger partial charge in [0.15, 0.2) is 0 Å². The van der Waals surface area contributed by atoms with Gasteiger partial charge in [-0.2, -0.15) is 0 Å². The van der Waals surface area contributed by atoms with E-state index in [9.17, 15) is 4.79 Å². The Hall–Kier alpha value is -1.49. The highest BCUT2D eigenvalue weighted by Crippen LogP contribution is 2.32. The summed E-state index contributed by atoms with van der Waals surface area (Å²) in [7, 11) is 0. The monoisotopic (exact) mass is 232 g/mol. The summed E-state index contributed by atoms with van der Waals surface area (Å²) in [4.78, 5) is 19.9. The predicted molar refractivity (Wildman–Crippen MR) is 62.4 cm³/mol. The number of rotatable bonds is 2. The lowest BCUT2D eigenvalue weighted by Crippen LogP contribution is -2.39. The Labute approximate surface area is 100 Å². The van der Waals surface area contributed by atoms with Crippen molar-refractivity contribution in [1.82, 2.24) is 20.6 Å². The molecule has 1 saturated carbocycles. The number of hydrogen-bond donors (Lipinski definition) is 2. The van der Waals surface area contributed by atoms with Gasteiger partial charge in [-0.3, -0.25) is 9.78 Å². The zero-order valence-electron chi connectivity index (χ0n) is 9.60. The van der Waals surface area contributed by atoms with Crippen LogP contribution >= 0.6 is 0 Å². The molecule has 90 valence electrons. The van der Waals surface area contributed by atoms with Crippen LogP contribution in [0.15, 0.2) is 18.6 Å². The Morgan fingerprint density at radius 1 is 1.35 bits per heavy atom. The fourth-order valence-corrected chi connectivity index (χ4v) is 3.00. The number of nitrogens with zero attached hydrogens (tertiary/aromatic N) is 2. The van der Waals surface area contributed by atoms with E-state index in [2.05, 4.69) is 20.6 Å². The summed E-state index contributed by atoms with van der Waals surface area (Å²) in [6.07, 6.45) is 8.02. The molecule has 5 nitrogen and oxygen atoms in total. The van der Waals surface area contributed by atoms with Gasteiger partial charge >= 0.3 is 0 Å². The lowest BCUT2D eigenvalue weighted by Gasteiger charge is -2.19. The van der Waals surface area contributed by atoms with Gasteiger partial charge in [0.25, 0.3) is 5.91 Å². The van der Waals surface area contributed by atoms with Crippen LogP contribution in [0.3, 0.4) is 0 Å². The summed E-state index contributed by atoms with van der Waals surface area (Å²) in [5.41, 5.74) is 0.405. The van der Waals surface area contributed by atoms with Crippen LogP contribution < -0.4 is 10.6 Å². The molecule has 0 radical (unpaired) electrons. The van der Waals surface area contributed by atoms with Crippen LogP contribution in [0.25, 0.3) is 0 Å². The van der Waals surface area contributed by atoms with E-state index >= 15 is 0 Å². The molecule has 17 heavy (non-hydrogen) atoms. The van der Waals surface area contributed by atoms with E-state index in [1.165, 1.54) is 6.20 Å². The largest absolute Gasteiger partial charge is 0.348 e. The Balaban J connectivity index is 1.66. The summed E-state index contributed by atoms with van der Waals surface area (Å²) < 4.78 is 0. The minimum atomic E-state index is -0.101. The molecule has 3 atom stereocenters. The number of carbonyl (C=O) groups is 1. The van der Waals surface area contributed by atoms with Crippen LogP contribution in [0.1, 0.15) is 29.8 Å². The Morgan fingerprint density at radius 3 is 3.12 bits per heavy atom. The van der Waals surface area contributed by atoms with Gasteiger partial charge < -0.3 is 10.6 Å². The zero-order valence-corrected chi connectivity index (χ0v) is 9.60. The van der Waals surface area contributed by atoms with Crippen LogP contribution in [0.5, 0.6) is 0 Å². The third-order valence-electron chi connectivity index (χ3n) is 3.82. The van der Waals surface area contributed by atoms with Crippen LogP contribution in [-0.4, -0.2) is 34.5 Å². The Morgan fingerprint density at radius 2 is 2.29 bits per heavy atom. The minimum Gasteiger partial charge on any atom is -0.348 e. The van der Waals surface area contributed by atoms with E-state index in [1.54, 1.807) is 12.4 Å². The van der Waals surface area contributed by atoms with E-state index in [0.29, 0.717) is 23.7 Å². The molecule has 1 amide bonds. The lowest BCUT2D eigenvalue weighted by atomic mass is 10.00. The molecule has 0 bridgehead atoms. The molecule has 2 heterocycles. The number of aromatic nitrogens is 2. The fraction of sp³-hybridized carbons (Fsp3) is 0.583. The molecule has 1 aromatic heterocycles. The highest BCUT2D eigenvalue weighted by Gasteiger charge is 2.39. The summed E-state index contributed by atoms with van der Waals surface area (Å²) in [6.45, 7) is 1.08. The topological polar surface area (TPSA) is 66.9 Å². The first-order chi connectivity index (χ1) is 8.34. The maximum atomic E-state index is 12.0. The van der Waals surface area contributed by atoms with Crippen molar-refractivity contribution in [2.45, 2.75) is 31.3 Å². The summed E-state index contributed by atoms with van der Waals surface area (Å²) in [5, 5.41) is 6.57. The molecule has 1 aliphatic carbocycles. The first-order valence-corrected chi connectivity index (χ1v) is 6.15. The van der Waals surface area contributed by atoms with E-state index in [4.69, 9.17) is 0 Å². The smallest absolute Gasteiger partial charge is 0.271 e. The van der Waals surface area contributed by atoms with Gasteiger partial charge in [0.05, 0.1) is 6.20 Å². The van der Waals surface area contributed by atoms with Crippen LogP contribution in [0, 0.1) is 5.92 Å².